The highest BCUT2D eigenvalue weighted by atomic mass is 32.1. The summed E-state index contributed by atoms with van der Waals surface area (Å²) < 4.78 is 9.25. The summed E-state index contributed by atoms with van der Waals surface area (Å²) in [6.07, 6.45) is 1.63. The topological polar surface area (TPSA) is 78.5 Å². The van der Waals surface area contributed by atoms with Crippen LogP contribution in [0, 0.1) is 13.8 Å². The molecule has 0 spiro atoms. The van der Waals surface area contributed by atoms with Crippen molar-refractivity contribution >= 4 is 33.4 Å². The summed E-state index contributed by atoms with van der Waals surface area (Å²) >= 11 is 1.37. The van der Waals surface area contributed by atoms with Crippen molar-refractivity contribution in [1.82, 2.24) is 14.3 Å². The van der Waals surface area contributed by atoms with Crippen LogP contribution in [0.4, 0.5) is 0 Å². The normalized spacial score (nSPS) is 11.9. The van der Waals surface area contributed by atoms with E-state index in [0.29, 0.717) is 17.1 Å². The summed E-state index contributed by atoms with van der Waals surface area (Å²) in [7, 11) is 1.71. The molecule has 7 nitrogen and oxygen atoms in total. The number of carbonyl (C=O) groups excluding carboxylic acids is 2. The molecule has 0 radical (unpaired) electrons. The van der Waals surface area contributed by atoms with Gasteiger partial charge in [-0.25, -0.2) is 0 Å². The highest BCUT2D eigenvalue weighted by molar-refractivity contribution is 7.16. The van der Waals surface area contributed by atoms with Crippen molar-refractivity contribution in [1.29, 1.82) is 0 Å². The molecule has 0 aliphatic carbocycles. The van der Waals surface area contributed by atoms with E-state index in [1.807, 2.05) is 32.0 Å². The van der Waals surface area contributed by atoms with Crippen LogP contribution in [-0.2, 0) is 23.1 Å². The monoisotopic (exact) mass is 372 g/mol. The smallest absolute Gasteiger partial charge is 0.326 e. The van der Waals surface area contributed by atoms with Crippen LogP contribution in [0.2, 0.25) is 0 Å². The Morgan fingerprint density at radius 1 is 1.31 bits per heavy atom. The highest BCUT2D eigenvalue weighted by Gasteiger charge is 2.16. The van der Waals surface area contributed by atoms with Gasteiger partial charge in [0.05, 0.1) is 23.0 Å². The number of ether oxygens (including phenoxy) is 1. The zero-order valence-electron chi connectivity index (χ0n) is 15.1. The second-order valence-electron chi connectivity index (χ2n) is 5.96. The first-order valence-corrected chi connectivity index (χ1v) is 9.05. The minimum Gasteiger partial charge on any atom is -0.465 e. The lowest BCUT2D eigenvalue weighted by Crippen LogP contribution is -2.23. The van der Waals surface area contributed by atoms with Crippen molar-refractivity contribution in [2.45, 2.75) is 27.3 Å². The van der Waals surface area contributed by atoms with Gasteiger partial charge in [-0.15, -0.1) is 0 Å². The lowest BCUT2D eigenvalue weighted by atomic mass is 10.2. The maximum Gasteiger partial charge on any atom is 0.326 e. The third-order valence-corrected chi connectivity index (χ3v) is 4.99. The fraction of sp³-hybridized carbons (Fsp3) is 0.333. The van der Waals surface area contributed by atoms with Crippen molar-refractivity contribution in [2.75, 3.05) is 6.61 Å². The number of thiazole rings is 1. The van der Waals surface area contributed by atoms with Gasteiger partial charge >= 0.3 is 5.97 Å². The van der Waals surface area contributed by atoms with E-state index in [-0.39, 0.29) is 18.4 Å². The largest absolute Gasteiger partial charge is 0.465 e. The molecule has 0 atom stereocenters. The van der Waals surface area contributed by atoms with Crippen LogP contribution in [0.5, 0.6) is 0 Å². The lowest BCUT2D eigenvalue weighted by molar-refractivity contribution is -0.143. The second-order valence-corrected chi connectivity index (χ2v) is 6.97. The van der Waals surface area contributed by atoms with E-state index >= 15 is 0 Å². The molecule has 26 heavy (non-hydrogen) atoms. The number of aromatic nitrogens is 3. The fourth-order valence-electron chi connectivity index (χ4n) is 2.75. The molecule has 0 N–H and O–H groups in total. The molecule has 0 fully saturated rings. The van der Waals surface area contributed by atoms with E-state index in [0.717, 1.165) is 21.3 Å². The molecule has 1 amide bonds. The second kappa shape index (κ2) is 7.25. The number of aryl methyl sites for hydroxylation is 3. The first-order valence-electron chi connectivity index (χ1n) is 8.24. The molecule has 2 aromatic heterocycles. The average Bonchev–Trinajstić information content (AvgIpc) is 3.07. The minimum atomic E-state index is -0.386. The number of hydrogen-bond acceptors (Lipinski definition) is 5. The van der Waals surface area contributed by atoms with Crippen molar-refractivity contribution in [3.8, 4) is 0 Å². The van der Waals surface area contributed by atoms with E-state index in [9.17, 15) is 9.59 Å². The fourth-order valence-corrected chi connectivity index (χ4v) is 3.87. The number of esters is 1. The van der Waals surface area contributed by atoms with Gasteiger partial charge in [-0.3, -0.25) is 14.3 Å². The highest BCUT2D eigenvalue weighted by Crippen LogP contribution is 2.19. The van der Waals surface area contributed by atoms with Crippen LogP contribution in [0.3, 0.4) is 0 Å². The van der Waals surface area contributed by atoms with Gasteiger partial charge in [0, 0.05) is 12.6 Å². The molecule has 2 heterocycles. The van der Waals surface area contributed by atoms with Crippen LogP contribution in [0.15, 0.2) is 29.4 Å². The van der Waals surface area contributed by atoms with Crippen molar-refractivity contribution in [3.05, 3.63) is 46.0 Å². The molecule has 1 aromatic carbocycles. The molecule has 0 saturated heterocycles. The van der Waals surface area contributed by atoms with Gasteiger partial charge in [-0.1, -0.05) is 17.4 Å². The Hall–Kier alpha value is -2.74. The molecular formula is C18H20N4O3S. The molecular weight excluding hydrogens is 352 g/mol. The lowest BCUT2D eigenvalue weighted by Gasteiger charge is -2.05. The van der Waals surface area contributed by atoms with Crippen LogP contribution in [0.25, 0.3) is 10.2 Å². The zero-order valence-corrected chi connectivity index (χ0v) is 16.0. The SMILES string of the molecule is CCOC(=O)Cn1c(=NC(=O)c2c(C)cnn2C)sc2cc(C)ccc21. The van der Waals surface area contributed by atoms with Crippen molar-refractivity contribution in [2.24, 2.45) is 12.0 Å². The Morgan fingerprint density at radius 3 is 2.73 bits per heavy atom. The molecule has 0 aliphatic rings. The van der Waals surface area contributed by atoms with E-state index in [1.54, 1.807) is 24.7 Å². The summed E-state index contributed by atoms with van der Waals surface area (Å²) in [5.74, 6) is -0.748. The van der Waals surface area contributed by atoms with Gasteiger partial charge in [0.15, 0.2) is 4.80 Å². The third kappa shape index (κ3) is 3.45. The number of nitrogens with zero attached hydrogens (tertiary/aromatic N) is 4. The average molecular weight is 372 g/mol. The Kier molecular flexibility index (Phi) is 5.03. The number of rotatable bonds is 4. The Bertz CT molecular complexity index is 1040. The van der Waals surface area contributed by atoms with Gasteiger partial charge in [0.25, 0.3) is 5.91 Å². The van der Waals surface area contributed by atoms with Gasteiger partial charge in [0.2, 0.25) is 0 Å². The quantitative estimate of drug-likeness (QED) is 0.659. The number of benzene rings is 1. The van der Waals surface area contributed by atoms with Crippen molar-refractivity contribution < 1.29 is 14.3 Å². The van der Waals surface area contributed by atoms with E-state index in [1.165, 1.54) is 16.0 Å². The summed E-state index contributed by atoms with van der Waals surface area (Å²) in [5.41, 5.74) is 3.14. The Labute approximate surface area is 154 Å². The molecule has 136 valence electrons. The summed E-state index contributed by atoms with van der Waals surface area (Å²) in [5, 5.41) is 4.09. The molecule has 0 saturated carbocycles. The minimum absolute atomic E-state index is 0.00732. The van der Waals surface area contributed by atoms with Gasteiger partial charge in [0.1, 0.15) is 12.2 Å². The van der Waals surface area contributed by atoms with E-state index in [4.69, 9.17) is 4.74 Å². The maximum atomic E-state index is 12.7. The van der Waals surface area contributed by atoms with Crippen LogP contribution in [-0.4, -0.2) is 32.8 Å². The predicted molar refractivity (Wildman–Crippen MR) is 99.0 cm³/mol. The van der Waals surface area contributed by atoms with Crippen LogP contribution < -0.4 is 4.80 Å². The first kappa shape index (κ1) is 18.1. The molecule has 0 aliphatic heterocycles. The first-order chi connectivity index (χ1) is 12.4. The molecule has 3 rings (SSSR count). The number of hydrogen-bond donors (Lipinski definition) is 0. The number of amides is 1. The van der Waals surface area contributed by atoms with E-state index in [2.05, 4.69) is 10.1 Å². The van der Waals surface area contributed by atoms with Crippen LogP contribution in [0.1, 0.15) is 28.5 Å². The number of carbonyl (C=O) groups is 2. The maximum absolute atomic E-state index is 12.7. The standard InChI is InChI=1S/C18H20N4O3S/c1-5-25-15(23)10-22-13-7-6-11(2)8-14(13)26-18(22)20-17(24)16-12(3)9-19-21(16)4/h6-9H,5,10H2,1-4H3. The molecule has 8 heteroatoms. The Morgan fingerprint density at radius 2 is 2.08 bits per heavy atom. The summed E-state index contributed by atoms with van der Waals surface area (Å²) in [6, 6.07) is 5.91. The van der Waals surface area contributed by atoms with Crippen LogP contribution >= 0.6 is 11.3 Å². The predicted octanol–water partition coefficient (Wildman–Crippen LogP) is 2.36. The summed E-state index contributed by atoms with van der Waals surface area (Å²) in [6.45, 7) is 5.89. The van der Waals surface area contributed by atoms with E-state index < -0.39 is 0 Å². The van der Waals surface area contributed by atoms with Gasteiger partial charge in [-0.05, 0) is 38.5 Å². The van der Waals surface area contributed by atoms with Gasteiger partial charge < -0.3 is 9.30 Å². The third-order valence-electron chi connectivity index (χ3n) is 3.95. The molecule has 0 unspecified atom stereocenters. The molecule has 0 bridgehead atoms. The number of fused-ring (bicyclic) bond motifs is 1. The van der Waals surface area contributed by atoms with Crippen molar-refractivity contribution in [3.63, 3.8) is 0 Å². The molecule has 3 aromatic rings. The Balaban J connectivity index is 2.14. The van der Waals surface area contributed by atoms with Gasteiger partial charge in [-0.2, -0.15) is 10.1 Å². The zero-order chi connectivity index (χ0) is 18.8. The summed E-state index contributed by atoms with van der Waals surface area (Å²) in [4.78, 5) is 29.4.